The number of hydrogen-bond acceptors (Lipinski definition) is 4. The fourth-order valence-corrected chi connectivity index (χ4v) is 4.04. The Kier molecular flexibility index (Phi) is 10.2. The highest BCUT2D eigenvalue weighted by atomic mass is 17.1. The number of aliphatic hydroxyl groups is 1. The van der Waals surface area contributed by atoms with Crippen molar-refractivity contribution in [1.29, 1.82) is 0 Å². The van der Waals surface area contributed by atoms with Crippen molar-refractivity contribution < 1.29 is 20.0 Å². The van der Waals surface area contributed by atoms with Crippen LogP contribution in [0.5, 0.6) is 0 Å². The molecule has 0 fully saturated rings. The second-order valence-corrected chi connectivity index (χ2v) is 7.06. The molecule has 0 aromatic carbocycles. The Morgan fingerprint density at radius 3 is 2.64 bits per heavy atom. The molecule has 0 saturated heterocycles. The highest BCUT2D eigenvalue weighted by molar-refractivity contribution is 5.53. The highest BCUT2D eigenvalue weighted by Gasteiger charge is 2.26. The lowest BCUT2D eigenvalue weighted by atomic mass is 9.76. The molecule has 0 aromatic rings. The predicted molar refractivity (Wildman–Crippen MR) is 114 cm³/mol. The summed E-state index contributed by atoms with van der Waals surface area (Å²) in [5.74, 6) is 0.0504. The summed E-state index contributed by atoms with van der Waals surface area (Å²) in [6, 6.07) is 0. The van der Waals surface area contributed by atoms with Gasteiger partial charge in [0.1, 0.15) is 6.79 Å². The Bertz CT molecular complexity index is 677. The average Bonchev–Trinajstić information content (AvgIpc) is 2.75. The number of rotatable bonds is 11. The molecule has 4 heteroatoms. The molecule has 0 radical (unpaired) electrons. The molecule has 2 N–H and O–H groups in total. The van der Waals surface area contributed by atoms with Crippen LogP contribution in [0.4, 0.5) is 0 Å². The van der Waals surface area contributed by atoms with Crippen molar-refractivity contribution in [3.63, 3.8) is 0 Å². The molecule has 0 aromatic heterocycles. The Morgan fingerprint density at radius 2 is 2.00 bits per heavy atom. The van der Waals surface area contributed by atoms with Crippen molar-refractivity contribution >= 4 is 0 Å². The van der Waals surface area contributed by atoms with Crippen molar-refractivity contribution in [2.45, 2.75) is 52.4 Å². The lowest BCUT2D eigenvalue weighted by molar-refractivity contribution is -0.241. The predicted octanol–water partition coefficient (Wildman–Crippen LogP) is 5.65. The van der Waals surface area contributed by atoms with Gasteiger partial charge in [-0.05, 0) is 67.7 Å². The van der Waals surface area contributed by atoms with E-state index in [0.29, 0.717) is 13.0 Å². The zero-order valence-electron chi connectivity index (χ0n) is 17.2. The van der Waals surface area contributed by atoms with Crippen LogP contribution in [-0.4, -0.2) is 30.4 Å². The Morgan fingerprint density at radius 1 is 1.18 bits per heavy atom. The zero-order valence-corrected chi connectivity index (χ0v) is 17.2. The molecule has 0 bridgehead atoms. The SMILES string of the molecule is C/C=C(\CCOO)C(C1=C(C2=CCCC=C2)CCC=C1)/C(=C/CC)COCO. The van der Waals surface area contributed by atoms with Gasteiger partial charge in [0.25, 0.3) is 0 Å². The average molecular weight is 387 g/mol. The topological polar surface area (TPSA) is 58.9 Å². The third kappa shape index (κ3) is 6.14. The lowest BCUT2D eigenvalue weighted by Gasteiger charge is -2.30. The van der Waals surface area contributed by atoms with E-state index < -0.39 is 0 Å². The summed E-state index contributed by atoms with van der Waals surface area (Å²) < 4.78 is 5.40. The smallest absolute Gasteiger partial charge is 0.143 e. The first-order chi connectivity index (χ1) is 13.8. The Balaban J connectivity index is 2.55. The minimum Gasteiger partial charge on any atom is -0.371 e. The molecule has 1 atom stereocenters. The van der Waals surface area contributed by atoms with Gasteiger partial charge in [-0.3, -0.25) is 5.26 Å². The number of aliphatic hydroxyl groups excluding tert-OH is 1. The molecular weight excluding hydrogens is 352 g/mol. The summed E-state index contributed by atoms with van der Waals surface area (Å²) in [5.41, 5.74) is 6.33. The number of ether oxygens (including phenoxy) is 1. The molecule has 28 heavy (non-hydrogen) atoms. The molecule has 2 aliphatic rings. The second kappa shape index (κ2) is 12.7. The van der Waals surface area contributed by atoms with E-state index in [1.165, 1.54) is 22.3 Å². The van der Waals surface area contributed by atoms with E-state index in [0.717, 1.165) is 37.7 Å². The standard InChI is InChI=1S/C24H34O4/c1-3-10-21(17-27-18-25)24(19(4-2)15-16-28-26)23-14-9-8-13-22(23)20-11-6-5-7-12-20/h4,6,9-12,14,24-26H,3,5,7-8,13,15-18H2,1-2H3/b19-4+,21-10+. The van der Waals surface area contributed by atoms with Crippen LogP contribution in [0.15, 0.2) is 70.4 Å². The zero-order chi connectivity index (χ0) is 20.2. The molecular formula is C24H34O4. The van der Waals surface area contributed by atoms with Gasteiger partial charge in [0, 0.05) is 5.92 Å². The van der Waals surface area contributed by atoms with Crippen molar-refractivity contribution in [2.24, 2.45) is 5.92 Å². The van der Waals surface area contributed by atoms with Gasteiger partial charge < -0.3 is 9.84 Å². The Labute approximate surface area is 169 Å². The van der Waals surface area contributed by atoms with Crippen LogP contribution in [0.25, 0.3) is 0 Å². The quantitative estimate of drug-likeness (QED) is 0.208. The van der Waals surface area contributed by atoms with Gasteiger partial charge in [-0.1, -0.05) is 55.0 Å². The monoisotopic (exact) mass is 386 g/mol. The van der Waals surface area contributed by atoms with Crippen LogP contribution < -0.4 is 0 Å². The third-order valence-corrected chi connectivity index (χ3v) is 5.28. The molecule has 0 heterocycles. The van der Waals surface area contributed by atoms with E-state index in [4.69, 9.17) is 9.99 Å². The van der Waals surface area contributed by atoms with Crippen LogP contribution in [0, 0.1) is 5.92 Å². The maximum Gasteiger partial charge on any atom is 0.143 e. The minimum absolute atomic E-state index is 0.0504. The fourth-order valence-electron chi connectivity index (χ4n) is 4.04. The van der Waals surface area contributed by atoms with Crippen LogP contribution >= 0.6 is 0 Å². The van der Waals surface area contributed by atoms with E-state index in [-0.39, 0.29) is 19.3 Å². The molecule has 0 amide bonds. The molecule has 2 rings (SSSR count). The van der Waals surface area contributed by atoms with E-state index in [9.17, 15) is 5.11 Å². The summed E-state index contributed by atoms with van der Waals surface area (Å²) in [5, 5.41) is 18.1. The molecule has 0 saturated carbocycles. The summed E-state index contributed by atoms with van der Waals surface area (Å²) in [7, 11) is 0. The lowest BCUT2D eigenvalue weighted by Crippen LogP contribution is -2.19. The first-order valence-corrected chi connectivity index (χ1v) is 10.3. The van der Waals surface area contributed by atoms with Gasteiger partial charge in [0.05, 0.1) is 13.2 Å². The van der Waals surface area contributed by atoms with Crippen LogP contribution in [-0.2, 0) is 9.62 Å². The number of allylic oxidation sites excluding steroid dienone is 10. The van der Waals surface area contributed by atoms with Gasteiger partial charge in [-0.25, -0.2) is 4.89 Å². The van der Waals surface area contributed by atoms with Gasteiger partial charge in [-0.2, -0.15) is 0 Å². The van der Waals surface area contributed by atoms with Gasteiger partial charge >= 0.3 is 0 Å². The summed E-state index contributed by atoms with van der Waals surface area (Å²) in [6.45, 7) is 4.48. The van der Waals surface area contributed by atoms with Gasteiger partial charge in [-0.15, -0.1) is 0 Å². The van der Waals surface area contributed by atoms with Crippen molar-refractivity contribution in [3.8, 4) is 0 Å². The first-order valence-electron chi connectivity index (χ1n) is 10.3. The molecule has 1 unspecified atom stereocenters. The summed E-state index contributed by atoms with van der Waals surface area (Å²) >= 11 is 0. The normalized spacial score (nSPS) is 19.2. The van der Waals surface area contributed by atoms with E-state index >= 15 is 0 Å². The second-order valence-electron chi connectivity index (χ2n) is 7.06. The van der Waals surface area contributed by atoms with Crippen molar-refractivity contribution in [2.75, 3.05) is 20.0 Å². The van der Waals surface area contributed by atoms with Crippen LogP contribution in [0.3, 0.4) is 0 Å². The van der Waals surface area contributed by atoms with Gasteiger partial charge in [0.2, 0.25) is 0 Å². The third-order valence-electron chi connectivity index (χ3n) is 5.28. The molecule has 2 aliphatic carbocycles. The summed E-state index contributed by atoms with van der Waals surface area (Å²) in [4.78, 5) is 4.39. The largest absolute Gasteiger partial charge is 0.371 e. The molecule has 4 nitrogen and oxygen atoms in total. The minimum atomic E-state index is -0.297. The van der Waals surface area contributed by atoms with Crippen molar-refractivity contribution in [3.05, 3.63) is 70.4 Å². The summed E-state index contributed by atoms with van der Waals surface area (Å²) in [6.07, 6.45) is 21.4. The maximum atomic E-state index is 9.21. The van der Waals surface area contributed by atoms with Crippen LogP contribution in [0.2, 0.25) is 0 Å². The Hall–Kier alpha value is -1.72. The fraction of sp³-hybridized carbons (Fsp3) is 0.500. The number of hydrogen-bond donors (Lipinski definition) is 2. The van der Waals surface area contributed by atoms with Crippen molar-refractivity contribution in [1.82, 2.24) is 0 Å². The van der Waals surface area contributed by atoms with Gasteiger partial charge in [0.15, 0.2) is 0 Å². The first kappa shape index (κ1) is 22.6. The van der Waals surface area contributed by atoms with E-state index in [2.05, 4.69) is 54.3 Å². The molecule has 0 spiro atoms. The molecule has 0 aliphatic heterocycles. The maximum absolute atomic E-state index is 9.21. The van der Waals surface area contributed by atoms with E-state index in [1.807, 2.05) is 6.92 Å². The van der Waals surface area contributed by atoms with Crippen LogP contribution in [0.1, 0.15) is 52.4 Å². The van der Waals surface area contributed by atoms with E-state index in [1.54, 1.807) is 0 Å². The highest BCUT2D eigenvalue weighted by Crippen LogP contribution is 2.39. The molecule has 154 valence electrons.